The molecule has 0 aliphatic rings. The molecule has 0 spiro atoms. The zero-order chi connectivity index (χ0) is 9.94. The average molecular weight is 190 g/mol. The normalized spacial score (nSPS) is 12.1. The van der Waals surface area contributed by atoms with Crippen LogP contribution in [0.2, 0.25) is 0 Å². The summed E-state index contributed by atoms with van der Waals surface area (Å²) in [6, 6.07) is 0. The van der Waals surface area contributed by atoms with Gasteiger partial charge in [0.1, 0.15) is 0 Å². The molecule has 0 saturated carbocycles. The number of hydrogen-bond acceptors (Lipinski definition) is 4. The second kappa shape index (κ2) is 9.67. The third-order valence-corrected chi connectivity index (χ3v) is 1.35. The van der Waals surface area contributed by atoms with Crippen molar-refractivity contribution in [3.8, 4) is 0 Å². The standard InChI is InChI=1S/C9H18O4/c1-9(8-13-7-4-11)2-5-12-6-3-10/h2,10-11H,3-8H2,1H3. The van der Waals surface area contributed by atoms with E-state index in [0.29, 0.717) is 26.4 Å². The first-order chi connectivity index (χ1) is 6.31. The number of aliphatic hydroxyl groups excluding tert-OH is 2. The van der Waals surface area contributed by atoms with Crippen LogP contribution in [-0.2, 0) is 9.47 Å². The molecular formula is C9H18O4. The van der Waals surface area contributed by atoms with Crippen LogP contribution >= 0.6 is 0 Å². The van der Waals surface area contributed by atoms with Gasteiger partial charge < -0.3 is 19.7 Å². The minimum atomic E-state index is 0.0495. The van der Waals surface area contributed by atoms with E-state index >= 15 is 0 Å². The lowest BCUT2D eigenvalue weighted by Crippen LogP contribution is -2.03. The topological polar surface area (TPSA) is 58.9 Å². The fourth-order valence-electron chi connectivity index (χ4n) is 0.706. The largest absolute Gasteiger partial charge is 0.394 e. The fourth-order valence-corrected chi connectivity index (χ4v) is 0.706. The maximum Gasteiger partial charge on any atom is 0.0702 e. The molecule has 0 aliphatic carbocycles. The highest BCUT2D eigenvalue weighted by molar-refractivity contribution is 4.98. The Bertz CT molecular complexity index is 134. The lowest BCUT2D eigenvalue weighted by molar-refractivity contribution is 0.103. The van der Waals surface area contributed by atoms with Crippen LogP contribution in [0, 0.1) is 0 Å². The number of rotatable bonds is 8. The molecule has 4 nitrogen and oxygen atoms in total. The van der Waals surface area contributed by atoms with Crippen molar-refractivity contribution in [3.05, 3.63) is 11.6 Å². The van der Waals surface area contributed by atoms with Gasteiger partial charge in [-0.3, -0.25) is 0 Å². The maximum atomic E-state index is 8.43. The summed E-state index contributed by atoms with van der Waals surface area (Å²) in [4.78, 5) is 0. The van der Waals surface area contributed by atoms with Crippen LogP contribution in [0.1, 0.15) is 6.92 Å². The molecule has 0 heterocycles. The molecule has 0 amide bonds. The van der Waals surface area contributed by atoms with E-state index in [4.69, 9.17) is 19.7 Å². The molecule has 4 heteroatoms. The van der Waals surface area contributed by atoms with E-state index in [0.717, 1.165) is 5.57 Å². The Morgan fingerprint density at radius 3 is 2.38 bits per heavy atom. The molecule has 0 fully saturated rings. The third kappa shape index (κ3) is 9.49. The summed E-state index contributed by atoms with van der Waals surface area (Å²) < 4.78 is 10.1. The lowest BCUT2D eigenvalue weighted by Gasteiger charge is -2.02. The molecule has 0 saturated heterocycles. The molecule has 0 radical (unpaired) electrons. The second-order valence-electron chi connectivity index (χ2n) is 2.63. The highest BCUT2D eigenvalue weighted by atomic mass is 16.5. The lowest BCUT2D eigenvalue weighted by atomic mass is 10.3. The van der Waals surface area contributed by atoms with Crippen LogP contribution in [0.3, 0.4) is 0 Å². The van der Waals surface area contributed by atoms with Crippen LogP contribution in [-0.4, -0.2) is 49.9 Å². The van der Waals surface area contributed by atoms with E-state index in [2.05, 4.69) is 0 Å². The van der Waals surface area contributed by atoms with E-state index in [-0.39, 0.29) is 13.2 Å². The molecule has 0 rings (SSSR count). The van der Waals surface area contributed by atoms with E-state index in [1.807, 2.05) is 13.0 Å². The summed E-state index contributed by atoms with van der Waals surface area (Å²) in [6.07, 6.45) is 1.90. The van der Waals surface area contributed by atoms with Gasteiger partial charge >= 0.3 is 0 Å². The summed E-state index contributed by atoms with van der Waals surface area (Å²) in [5.74, 6) is 0. The van der Waals surface area contributed by atoms with Crippen molar-refractivity contribution in [1.82, 2.24) is 0 Å². The molecule has 78 valence electrons. The Labute approximate surface area is 78.8 Å². The number of ether oxygens (including phenoxy) is 2. The van der Waals surface area contributed by atoms with Gasteiger partial charge in [-0.05, 0) is 12.5 Å². The highest BCUT2D eigenvalue weighted by Gasteiger charge is 1.90. The van der Waals surface area contributed by atoms with Crippen molar-refractivity contribution in [1.29, 1.82) is 0 Å². The quantitative estimate of drug-likeness (QED) is 0.416. The van der Waals surface area contributed by atoms with Crippen molar-refractivity contribution in [2.45, 2.75) is 6.92 Å². The molecule has 0 bridgehead atoms. The molecule has 0 aromatic heterocycles. The Hall–Kier alpha value is -0.420. The summed E-state index contributed by atoms with van der Waals surface area (Å²) in [5, 5.41) is 16.8. The van der Waals surface area contributed by atoms with E-state index in [1.54, 1.807) is 0 Å². The first-order valence-electron chi connectivity index (χ1n) is 4.34. The van der Waals surface area contributed by atoms with Crippen molar-refractivity contribution in [2.75, 3.05) is 39.6 Å². The van der Waals surface area contributed by atoms with Crippen molar-refractivity contribution in [2.24, 2.45) is 0 Å². The zero-order valence-corrected chi connectivity index (χ0v) is 8.03. The third-order valence-electron chi connectivity index (χ3n) is 1.35. The monoisotopic (exact) mass is 190 g/mol. The van der Waals surface area contributed by atoms with Crippen LogP contribution in [0.25, 0.3) is 0 Å². The SMILES string of the molecule is CC(=CCOCCO)COCCO. The van der Waals surface area contributed by atoms with E-state index < -0.39 is 0 Å². The zero-order valence-electron chi connectivity index (χ0n) is 8.03. The Kier molecular flexibility index (Phi) is 9.35. The van der Waals surface area contributed by atoms with Gasteiger partial charge in [-0.15, -0.1) is 0 Å². The summed E-state index contributed by atoms with van der Waals surface area (Å²) in [6.45, 7) is 3.77. The molecule has 0 aromatic carbocycles. The van der Waals surface area contributed by atoms with Gasteiger partial charge in [0.05, 0.1) is 39.6 Å². The first-order valence-corrected chi connectivity index (χ1v) is 4.34. The predicted octanol–water partition coefficient (Wildman–Crippen LogP) is -0.0495. The van der Waals surface area contributed by atoms with Gasteiger partial charge in [-0.2, -0.15) is 0 Å². The first kappa shape index (κ1) is 12.6. The minimum absolute atomic E-state index is 0.0495. The molecule has 0 aliphatic heterocycles. The number of aliphatic hydroxyl groups is 2. The summed E-state index contributed by atoms with van der Waals surface area (Å²) in [7, 11) is 0. The minimum Gasteiger partial charge on any atom is -0.394 e. The van der Waals surface area contributed by atoms with Gasteiger partial charge in [0, 0.05) is 0 Å². The van der Waals surface area contributed by atoms with Crippen molar-refractivity contribution >= 4 is 0 Å². The Morgan fingerprint density at radius 2 is 1.77 bits per heavy atom. The van der Waals surface area contributed by atoms with Gasteiger partial charge in [0.25, 0.3) is 0 Å². The van der Waals surface area contributed by atoms with E-state index in [9.17, 15) is 0 Å². The highest BCUT2D eigenvalue weighted by Crippen LogP contribution is 1.93. The molecule has 0 aromatic rings. The molecule has 0 atom stereocenters. The van der Waals surface area contributed by atoms with Crippen LogP contribution < -0.4 is 0 Å². The second-order valence-corrected chi connectivity index (χ2v) is 2.63. The average Bonchev–Trinajstić information content (AvgIpc) is 2.13. The van der Waals surface area contributed by atoms with E-state index in [1.165, 1.54) is 0 Å². The van der Waals surface area contributed by atoms with Gasteiger partial charge in [0.15, 0.2) is 0 Å². The van der Waals surface area contributed by atoms with Gasteiger partial charge in [-0.1, -0.05) is 6.08 Å². The number of hydrogen-bond donors (Lipinski definition) is 2. The molecule has 2 N–H and O–H groups in total. The molecular weight excluding hydrogens is 172 g/mol. The molecule has 0 unspecified atom stereocenters. The van der Waals surface area contributed by atoms with Crippen molar-refractivity contribution in [3.63, 3.8) is 0 Å². The fraction of sp³-hybridized carbons (Fsp3) is 0.778. The predicted molar refractivity (Wildman–Crippen MR) is 49.6 cm³/mol. The maximum absolute atomic E-state index is 8.43. The summed E-state index contributed by atoms with van der Waals surface area (Å²) >= 11 is 0. The van der Waals surface area contributed by atoms with Gasteiger partial charge in [-0.25, -0.2) is 0 Å². The van der Waals surface area contributed by atoms with Crippen LogP contribution in [0.4, 0.5) is 0 Å². The van der Waals surface area contributed by atoms with Crippen LogP contribution in [0.5, 0.6) is 0 Å². The summed E-state index contributed by atoms with van der Waals surface area (Å²) in [5.41, 5.74) is 1.06. The smallest absolute Gasteiger partial charge is 0.0702 e. The van der Waals surface area contributed by atoms with Crippen LogP contribution in [0.15, 0.2) is 11.6 Å². The van der Waals surface area contributed by atoms with Crippen molar-refractivity contribution < 1.29 is 19.7 Å². The Morgan fingerprint density at radius 1 is 1.15 bits per heavy atom. The Balaban J connectivity index is 3.29. The van der Waals surface area contributed by atoms with Gasteiger partial charge in [0.2, 0.25) is 0 Å². The molecule has 13 heavy (non-hydrogen) atoms.